The summed E-state index contributed by atoms with van der Waals surface area (Å²) in [4.78, 5) is 17.1. The van der Waals surface area contributed by atoms with Crippen LogP contribution in [0.15, 0.2) is 91.1 Å². The van der Waals surface area contributed by atoms with E-state index in [4.69, 9.17) is 5.21 Å². The lowest BCUT2D eigenvalue weighted by Gasteiger charge is -2.22. The van der Waals surface area contributed by atoms with Crippen molar-refractivity contribution in [3.63, 3.8) is 0 Å². The third-order valence-electron chi connectivity index (χ3n) is 5.86. The standard InChI is InChI=1S/C28H29N3O2/c32-28(30-33)15-14-23-10-12-24(13-11-23)21-31(18-16-22-6-2-1-3-7-22)19-17-25-20-29-27-9-5-4-8-26(25)27/h1-15,20,29,33H,16-19,21H2,(H,30,32)/b15-14+. The number of carbonyl (C=O) groups excluding carboxylic acids is 1. The largest absolute Gasteiger partial charge is 0.361 e. The van der Waals surface area contributed by atoms with Crippen LogP contribution >= 0.6 is 0 Å². The molecule has 5 heteroatoms. The fourth-order valence-electron chi connectivity index (χ4n) is 4.02. The van der Waals surface area contributed by atoms with Crippen molar-refractivity contribution in [1.82, 2.24) is 15.4 Å². The van der Waals surface area contributed by atoms with Crippen LogP contribution in [-0.4, -0.2) is 34.1 Å². The lowest BCUT2D eigenvalue weighted by Crippen LogP contribution is -2.28. The summed E-state index contributed by atoms with van der Waals surface area (Å²) < 4.78 is 0. The Hall–Kier alpha value is -3.67. The van der Waals surface area contributed by atoms with Crippen LogP contribution in [0.4, 0.5) is 0 Å². The minimum absolute atomic E-state index is 0.538. The quantitative estimate of drug-likeness (QED) is 0.186. The highest BCUT2D eigenvalue weighted by atomic mass is 16.5. The summed E-state index contributed by atoms with van der Waals surface area (Å²) >= 11 is 0. The number of nitrogens with zero attached hydrogens (tertiary/aromatic N) is 1. The van der Waals surface area contributed by atoms with E-state index in [2.05, 4.69) is 82.8 Å². The molecule has 0 fully saturated rings. The molecule has 0 saturated carbocycles. The van der Waals surface area contributed by atoms with E-state index in [-0.39, 0.29) is 0 Å². The minimum atomic E-state index is -0.538. The first-order valence-corrected chi connectivity index (χ1v) is 11.2. The first-order valence-electron chi connectivity index (χ1n) is 11.2. The molecule has 0 aliphatic rings. The molecule has 33 heavy (non-hydrogen) atoms. The zero-order chi connectivity index (χ0) is 22.9. The number of fused-ring (bicyclic) bond motifs is 1. The summed E-state index contributed by atoms with van der Waals surface area (Å²) in [5.74, 6) is -0.538. The molecule has 0 aliphatic heterocycles. The first-order chi connectivity index (χ1) is 16.2. The lowest BCUT2D eigenvalue weighted by atomic mass is 10.1. The average Bonchev–Trinajstić information content (AvgIpc) is 3.28. The van der Waals surface area contributed by atoms with Crippen LogP contribution in [0, 0.1) is 0 Å². The number of rotatable bonds is 10. The Morgan fingerprint density at radius 2 is 1.61 bits per heavy atom. The molecule has 5 nitrogen and oxygen atoms in total. The number of hydroxylamine groups is 1. The molecule has 0 radical (unpaired) electrons. The van der Waals surface area contributed by atoms with Gasteiger partial charge in [-0.25, -0.2) is 5.48 Å². The van der Waals surface area contributed by atoms with E-state index in [9.17, 15) is 4.79 Å². The molecule has 0 spiro atoms. The number of hydrogen-bond acceptors (Lipinski definition) is 3. The van der Waals surface area contributed by atoms with Gasteiger partial charge in [0.25, 0.3) is 5.91 Å². The van der Waals surface area contributed by atoms with Crippen molar-refractivity contribution >= 4 is 22.9 Å². The van der Waals surface area contributed by atoms with Gasteiger partial charge in [-0.3, -0.25) is 14.9 Å². The van der Waals surface area contributed by atoms with Gasteiger partial charge in [0.1, 0.15) is 0 Å². The molecule has 1 aromatic heterocycles. The number of nitrogens with one attached hydrogen (secondary N) is 2. The van der Waals surface area contributed by atoms with Gasteiger partial charge in [0, 0.05) is 42.8 Å². The predicted molar refractivity (Wildman–Crippen MR) is 133 cm³/mol. The molecule has 0 aliphatic carbocycles. The SMILES string of the molecule is O=C(/C=C/c1ccc(CN(CCc2ccccc2)CCc2c[nH]c3ccccc23)cc1)NO. The van der Waals surface area contributed by atoms with Gasteiger partial charge in [-0.1, -0.05) is 72.8 Å². The van der Waals surface area contributed by atoms with Crippen LogP contribution in [0.3, 0.4) is 0 Å². The normalized spacial score (nSPS) is 11.5. The number of aromatic amines is 1. The van der Waals surface area contributed by atoms with Crippen LogP contribution < -0.4 is 5.48 Å². The van der Waals surface area contributed by atoms with Gasteiger partial charge in [-0.05, 0) is 47.2 Å². The van der Waals surface area contributed by atoms with Gasteiger partial charge in [0.05, 0.1) is 0 Å². The Morgan fingerprint density at radius 3 is 2.39 bits per heavy atom. The second-order valence-electron chi connectivity index (χ2n) is 8.17. The topological polar surface area (TPSA) is 68.4 Å². The van der Waals surface area contributed by atoms with E-state index in [0.717, 1.165) is 38.0 Å². The predicted octanol–water partition coefficient (Wildman–Crippen LogP) is 4.97. The van der Waals surface area contributed by atoms with Gasteiger partial charge >= 0.3 is 0 Å². The van der Waals surface area contributed by atoms with Crippen LogP contribution in [-0.2, 0) is 24.2 Å². The van der Waals surface area contributed by atoms with Gasteiger partial charge in [-0.2, -0.15) is 0 Å². The van der Waals surface area contributed by atoms with Crippen LogP contribution in [0.1, 0.15) is 22.3 Å². The highest BCUT2D eigenvalue weighted by Crippen LogP contribution is 2.19. The zero-order valence-electron chi connectivity index (χ0n) is 18.6. The van der Waals surface area contributed by atoms with Crippen molar-refractivity contribution < 1.29 is 10.0 Å². The molecular formula is C28H29N3O2. The molecule has 0 bridgehead atoms. The molecule has 0 atom stereocenters. The number of hydrogen-bond donors (Lipinski definition) is 3. The highest BCUT2D eigenvalue weighted by molar-refractivity contribution is 5.90. The van der Waals surface area contributed by atoms with Crippen molar-refractivity contribution in [3.05, 3.63) is 113 Å². The summed E-state index contributed by atoms with van der Waals surface area (Å²) in [6.45, 7) is 2.80. The van der Waals surface area contributed by atoms with Gasteiger partial charge in [-0.15, -0.1) is 0 Å². The monoisotopic (exact) mass is 439 g/mol. The van der Waals surface area contributed by atoms with E-state index in [1.807, 2.05) is 12.1 Å². The second kappa shape index (κ2) is 11.3. The molecule has 1 heterocycles. The van der Waals surface area contributed by atoms with Crippen molar-refractivity contribution in [2.75, 3.05) is 13.1 Å². The van der Waals surface area contributed by atoms with Crippen molar-refractivity contribution in [3.8, 4) is 0 Å². The van der Waals surface area contributed by atoms with Gasteiger partial charge in [0.2, 0.25) is 0 Å². The number of benzene rings is 3. The third kappa shape index (κ3) is 6.42. The van der Waals surface area contributed by atoms with Crippen LogP contribution in [0.5, 0.6) is 0 Å². The van der Waals surface area contributed by atoms with Gasteiger partial charge in [0.15, 0.2) is 0 Å². The fraction of sp³-hybridized carbons (Fsp3) is 0.179. The minimum Gasteiger partial charge on any atom is -0.361 e. The molecule has 3 aromatic carbocycles. The average molecular weight is 440 g/mol. The molecule has 4 rings (SSSR count). The summed E-state index contributed by atoms with van der Waals surface area (Å²) in [7, 11) is 0. The fourth-order valence-corrected chi connectivity index (χ4v) is 4.02. The summed E-state index contributed by atoms with van der Waals surface area (Å²) in [6, 6.07) is 27.2. The number of carbonyl (C=O) groups is 1. The smallest absolute Gasteiger partial charge is 0.267 e. The zero-order valence-corrected chi connectivity index (χ0v) is 18.6. The van der Waals surface area contributed by atoms with Gasteiger partial charge < -0.3 is 4.98 Å². The maximum atomic E-state index is 11.2. The number of amides is 1. The van der Waals surface area contributed by atoms with Crippen molar-refractivity contribution in [2.45, 2.75) is 19.4 Å². The van der Waals surface area contributed by atoms with Crippen LogP contribution in [0.25, 0.3) is 17.0 Å². The second-order valence-corrected chi connectivity index (χ2v) is 8.17. The Kier molecular flexibility index (Phi) is 7.69. The Morgan fingerprint density at radius 1 is 0.879 bits per heavy atom. The first kappa shape index (κ1) is 22.5. The maximum absolute atomic E-state index is 11.2. The number of H-pyrrole nitrogens is 1. The molecular weight excluding hydrogens is 410 g/mol. The molecule has 0 saturated heterocycles. The molecule has 3 N–H and O–H groups in total. The van der Waals surface area contributed by atoms with E-state index in [1.54, 1.807) is 11.6 Å². The van der Waals surface area contributed by atoms with Crippen molar-refractivity contribution in [1.29, 1.82) is 0 Å². The van der Waals surface area contributed by atoms with Crippen LogP contribution in [0.2, 0.25) is 0 Å². The highest BCUT2D eigenvalue weighted by Gasteiger charge is 2.10. The lowest BCUT2D eigenvalue weighted by molar-refractivity contribution is -0.124. The molecule has 0 unspecified atom stereocenters. The molecule has 1 amide bonds. The summed E-state index contributed by atoms with van der Waals surface area (Å²) in [6.07, 6.45) is 7.10. The van der Waals surface area contributed by atoms with E-state index in [0.29, 0.717) is 0 Å². The van der Waals surface area contributed by atoms with E-state index >= 15 is 0 Å². The Bertz CT molecular complexity index is 1200. The number of para-hydroxylation sites is 1. The molecule has 168 valence electrons. The maximum Gasteiger partial charge on any atom is 0.267 e. The Labute approximate surface area is 194 Å². The third-order valence-corrected chi connectivity index (χ3v) is 5.86. The summed E-state index contributed by atoms with van der Waals surface area (Å²) in [5, 5.41) is 9.90. The summed E-state index contributed by atoms with van der Waals surface area (Å²) in [5.41, 5.74) is 7.62. The molecule has 4 aromatic rings. The van der Waals surface area contributed by atoms with E-state index < -0.39 is 5.91 Å². The number of aromatic nitrogens is 1. The van der Waals surface area contributed by atoms with E-state index in [1.165, 1.54) is 33.7 Å². The Balaban J connectivity index is 1.43. The van der Waals surface area contributed by atoms with Crippen molar-refractivity contribution in [2.24, 2.45) is 0 Å².